The second kappa shape index (κ2) is 6.54. The Bertz CT molecular complexity index is 1110. The number of carbonyl (C=O) groups is 1. The van der Waals surface area contributed by atoms with Gasteiger partial charge in [-0.25, -0.2) is 14.8 Å². The lowest BCUT2D eigenvalue weighted by Crippen LogP contribution is -2.29. The number of pyridine rings is 3. The molecule has 3 rings (SSSR count). The van der Waals surface area contributed by atoms with Crippen LogP contribution in [-0.4, -0.2) is 27.6 Å². The van der Waals surface area contributed by atoms with Crippen LogP contribution in [0.3, 0.4) is 0 Å². The summed E-state index contributed by atoms with van der Waals surface area (Å²) in [5, 5.41) is 0.0710. The molecule has 0 saturated carbocycles. The molecule has 0 spiro atoms. The number of esters is 1. The summed E-state index contributed by atoms with van der Waals surface area (Å²) < 4.78 is 44.6. The number of nitrogen functional groups attached to an aromatic ring is 1. The molecule has 2 N–H and O–H groups in total. The van der Waals surface area contributed by atoms with Crippen molar-refractivity contribution in [1.82, 2.24) is 14.5 Å². The van der Waals surface area contributed by atoms with Crippen LogP contribution in [-0.2, 0) is 10.9 Å². The van der Waals surface area contributed by atoms with Gasteiger partial charge in [0.15, 0.2) is 0 Å². The Morgan fingerprint density at radius 3 is 2.52 bits per heavy atom. The third-order valence-corrected chi connectivity index (χ3v) is 3.94. The topological polar surface area (TPSA) is 100 Å². The van der Waals surface area contributed by atoms with E-state index in [0.717, 1.165) is 23.9 Å². The van der Waals surface area contributed by atoms with E-state index < -0.39 is 29.0 Å². The number of nitrogens with zero attached hydrogens (tertiary/aromatic N) is 3. The predicted octanol–water partition coefficient (Wildman–Crippen LogP) is 2.82. The molecule has 0 aliphatic carbocycles. The van der Waals surface area contributed by atoms with Crippen LogP contribution in [0, 0.1) is 0 Å². The monoisotopic (exact) mass is 398 g/mol. The zero-order valence-corrected chi connectivity index (χ0v) is 14.3. The number of alkyl halides is 3. The number of nitrogens with two attached hydrogens (primary N) is 1. The Hall–Kier alpha value is -3.14. The highest BCUT2D eigenvalue weighted by Crippen LogP contribution is 2.31. The molecule has 0 aliphatic heterocycles. The van der Waals surface area contributed by atoms with Crippen LogP contribution in [0.2, 0.25) is 5.15 Å². The van der Waals surface area contributed by atoms with Crippen LogP contribution in [0.1, 0.15) is 16.1 Å². The molecule has 0 aliphatic rings. The van der Waals surface area contributed by atoms with Crippen LogP contribution in [0.15, 0.2) is 35.3 Å². The van der Waals surface area contributed by atoms with Crippen molar-refractivity contribution in [3.63, 3.8) is 0 Å². The summed E-state index contributed by atoms with van der Waals surface area (Å²) in [6.45, 7) is 0. The van der Waals surface area contributed by atoms with E-state index in [9.17, 15) is 22.8 Å². The third-order valence-electron chi connectivity index (χ3n) is 3.71. The van der Waals surface area contributed by atoms with Crippen molar-refractivity contribution >= 4 is 34.3 Å². The fraction of sp³-hybridized carbons (Fsp3) is 0.125. The first-order valence-corrected chi connectivity index (χ1v) is 7.65. The summed E-state index contributed by atoms with van der Waals surface area (Å²) in [5.41, 5.74) is 2.43. The Kier molecular flexibility index (Phi) is 4.52. The summed E-state index contributed by atoms with van der Waals surface area (Å²) in [6.07, 6.45) is -3.59. The fourth-order valence-corrected chi connectivity index (χ4v) is 2.60. The fourth-order valence-electron chi connectivity index (χ4n) is 2.48. The zero-order chi connectivity index (χ0) is 19.9. The van der Waals surface area contributed by atoms with Gasteiger partial charge in [-0.1, -0.05) is 11.6 Å². The normalized spacial score (nSPS) is 11.6. The summed E-state index contributed by atoms with van der Waals surface area (Å²) in [5.74, 6) is -1.03. The van der Waals surface area contributed by atoms with Crippen molar-refractivity contribution in [2.45, 2.75) is 6.18 Å². The van der Waals surface area contributed by atoms with Gasteiger partial charge in [-0.2, -0.15) is 13.2 Å². The lowest BCUT2D eigenvalue weighted by Gasteiger charge is -2.15. The maximum atomic E-state index is 13.1. The third kappa shape index (κ3) is 3.19. The van der Waals surface area contributed by atoms with Crippen LogP contribution < -0.4 is 11.3 Å². The minimum absolute atomic E-state index is 0.0297. The molecule has 0 amide bonds. The van der Waals surface area contributed by atoms with Crippen LogP contribution in [0.25, 0.3) is 16.7 Å². The molecule has 140 valence electrons. The molecule has 0 bridgehead atoms. The number of rotatable bonds is 2. The van der Waals surface area contributed by atoms with Crippen LogP contribution in [0.4, 0.5) is 18.9 Å². The summed E-state index contributed by atoms with van der Waals surface area (Å²) >= 11 is 5.71. The van der Waals surface area contributed by atoms with Crippen molar-refractivity contribution in [3.8, 4) is 5.69 Å². The van der Waals surface area contributed by atoms with E-state index in [4.69, 9.17) is 17.3 Å². The second-order valence-corrected chi connectivity index (χ2v) is 5.71. The minimum Gasteiger partial charge on any atom is -0.465 e. The molecular weight excluding hydrogens is 389 g/mol. The van der Waals surface area contributed by atoms with Gasteiger partial charge >= 0.3 is 12.1 Å². The maximum Gasteiger partial charge on any atom is 0.433 e. The van der Waals surface area contributed by atoms with Gasteiger partial charge in [0.25, 0.3) is 5.56 Å². The first-order valence-electron chi connectivity index (χ1n) is 7.28. The van der Waals surface area contributed by atoms with Gasteiger partial charge in [0, 0.05) is 5.39 Å². The number of hydrogen-bond acceptors (Lipinski definition) is 6. The van der Waals surface area contributed by atoms with Gasteiger partial charge in [-0.3, -0.25) is 9.36 Å². The lowest BCUT2D eigenvalue weighted by molar-refractivity contribution is -0.141. The van der Waals surface area contributed by atoms with Gasteiger partial charge in [-0.15, -0.1) is 0 Å². The van der Waals surface area contributed by atoms with Gasteiger partial charge in [0.2, 0.25) is 0 Å². The highest BCUT2D eigenvalue weighted by atomic mass is 35.5. The Morgan fingerprint density at radius 1 is 1.26 bits per heavy atom. The number of methoxy groups -OCH3 is 1. The average molecular weight is 399 g/mol. The standard InChI is InChI=1S/C16H10ClF3N4O3/c1-27-15(26)11-12(21)8-3-4-9(16(18,19)20)23-13(8)24(14(11)25)7-2-5-10(17)22-6-7/h2-6H,21H2,1H3. The molecule has 11 heteroatoms. The predicted molar refractivity (Wildman–Crippen MR) is 90.9 cm³/mol. The number of fused-ring (bicyclic) bond motifs is 1. The van der Waals surface area contributed by atoms with Crippen LogP contribution in [0.5, 0.6) is 0 Å². The maximum absolute atomic E-state index is 13.1. The quantitative estimate of drug-likeness (QED) is 0.526. The number of aromatic nitrogens is 3. The highest BCUT2D eigenvalue weighted by molar-refractivity contribution is 6.29. The van der Waals surface area contributed by atoms with E-state index in [2.05, 4.69) is 14.7 Å². The second-order valence-electron chi connectivity index (χ2n) is 5.33. The first-order chi connectivity index (χ1) is 12.6. The number of anilines is 1. The molecule has 3 aromatic heterocycles. The summed E-state index contributed by atoms with van der Waals surface area (Å²) in [7, 11) is 1.05. The molecule has 0 radical (unpaired) electrons. The van der Waals surface area contributed by atoms with E-state index in [1.165, 1.54) is 12.1 Å². The van der Waals surface area contributed by atoms with Crippen LogP contribution >= 0.6 is 11.6 Å². The SMILES string of the molecule is COC(=O)c1c(N)c2ccc(C(F)(F)F)nc2n(-c2ccc(Cl)nc2)c1=O. The molecule has 0 saturated heterocycles. The first kappa shape index (κ1) is 18.6. The molecule has 27 heavy (non-hydrogen) atoms. The number of halogens is 4. The summed E-state index contributed by atoms with van der Waals surface area (Å²) in [6, 6.07) is 4.41. The molecular formula is C16H10ClF3N4O3. The van der Waals surface area contributed by atoms with Crippen molar-refractivity contribution in [2.75, 3.05) is 12.8 Å². The lowest BCUT2D eigenvalue weighted by atomic mass is 10.1. The Morgan fingerprint density at radius 2 is 1.96 bits per heavy atom. The van der Waals surface area contributed by atoms with E-state index in [-0.39, 0.29) is 27.6 Å². The summed E-state index contributed by atoms with van der Waals surface area (Å²) in [4.78, 5) is 32.2. The van der Waals surface area contributed by atoms with Crippen molar-refractivity contribution < 1.29 is 22.7 Å². The van der Waals surface area contributed by atoms with Gasteiger partial charge in [0.1, 0.15) is 22.1 Å². The van der Waals surface area contributed by atoms with Gasteiger partial charge in [-0.05, 0) is 24.3 Å². The number of hydrogen-bond donors (Lipinski definition) is 1. The minimum atomic E-state index is -4.75. The number of carbonyl (C=O) groups excluding carboxylic acids is 1. The molecule has 0 aromatic carbocycles. The van der Waals surface area contributed by atoms with E-state index in [0.29, 0.717) is 6.07 Å². The van der Waals surface area contributed by atoms with Crippen molar-refractivity contribution in [2.24, 2.45) is 0 Å². The average Bonchev–Trinajstić information content (AvgIpc) is 2.62. The molecule has 0 atom stereocenters. The van der Waals surface area contributed by atoms with E-state index >= 15 is 0 Å². The molecule has 0 fully saturated rings. The van der Waals surface area contributed by atoms with Crippen molar-refractivity contribution in [1.29, 1.82) is 0 Å². The largest absolute Gasteiger partial charge is 0.465 e. The smallest absolute Gasteiger partial charge is 0.433 e. The highest BCUT2D eigenvalue weighted by Gasteiger charge is 2.33. The molecule has 3 heterocycles. The van der Waals surface area contributed by atoms with Crippen molar-refractivity contribution in [3.05, 3.63) is 57.2 Å². The molecule has 7 nitrogen and oxygen atoms in total. The molecule has 0 unspecified atom stereocenters. The Labute approximate surface area is 154 Å². The van der Waals surface area contributed by atoms with Gasteiger partial charge in [0.05, 0.1) is 24.7 Å². The Balaban J connectivity index is 2.50. The zero-order valence-electron chi connectivity index (χ0n) is 13.5. The number of ether oxygens (including phenoxy) is 1. The van der Waals surface area contributed by atoms with E-state index in [1.807, 2.05) is 0 Å². The van der Waals surface area contributed by atoms with Gasteiger partial charge < -0.3 is 10.5 Å². The van der Waals surface area contributed by atoms with E-state index in [1.54, 1.807) is 0 Å². The molecule has 3 aromatic rings.